The fraction of sp³-hybridized carbons (Fsp3) is 0.0909. The average molecular weight is 440 g/mol. The average Bonchev–Trinajstić information content (AvgIpc) is 2.75. The van der Waals surface area contributed by atoms with Crippen LogP contribution in [0, 0.1) is 0 Å². The van der Waals surface area contributed by atoms with E-state index in [2.05, 4.69) is 0 Å². The third kappa shape index (κ3) is 4.67. The molecule has 0 bridgehead atoms. The van der Waals surface area contributed by atoms with Crippen molar-refractivity contribution in [3.05, 3.63) is 84.4 Å². The number of aromatic hydroxyl groups is 1. The summed E-state index contributed by atoms with van der Waals surface area (Å²) < 4.78 is 28.0. The van der Waals surface area contributed by atoms with Crippen molar-refractivity contribution in [1.29, 1.82) is 0 Å². The summed E-state index contributed by atoms with van der Waals surface area (Å²) in [6, 6.07) is 19.6. The topological polar surface area (TPSA) is 115 Å². The number of benzene rings is 3. The Morgan fingerprint density at radius 1 is 0.871 bits per heavy atom. The number of sulfonamides is 1. The van der Waals surface area contributed by atoms with Gasteiger partial charge in [0.1, 0.15) is 12.3 Å². The number of amides is 1. The number of likely N-dealkylation sites (N-methyl/N-ethyl adjacent to an activating group) is 1. The Labute approximate surface area is 179 Å². The molecule has 0 fully saturated rings. The molecule has 0 aliphatic heterocycles. The summed E-state index contributed by atoms with van der Waals surface area (Å²) in [6.07, 6.45) is 0. The maximum atomic E-state index is 13.5. The van der Waals surface area contributed by atoms with E-state index < -0.39 is 28.4 Å². The number of carbonyl (C=O) groups is 2. The Hall–Kier alpha value is -3.85. The van der Waals surface area contributed by atoms with Crippen LogP contribution >= 0.6 is 0 Å². The van der Waals surface area contributed by atoms with Gasteiger partial charge in [-0.05, 0) is 48.5 Å². The van der Waals surface area contributed by atoms with Crippen molar-refractivity contribution >= 4 is 33.3 Å². The van der Waals surface area contributed by atoms with E-state index in [1.807, 2.05) is 0 Å². The van der Waals surface area contributed by atoms with E-state index in [1.54, 1.807) is 42.5 Å². The van der Waals surface area contributed by atoms with Gasteiger partial charge in [0.15, 0.2) is 0 Å². The number of carbonyl (C=O) groups excluding carboxylic acids is 1. The van der Waals surface area contributed by atoms with Gasteiger partial charge in [-0.1, -0.05) is 30.3 Å². The van der Waals surface area contributed by atoms with Gasteiger partial charge in [0.2, 0.25) is 0 Å². The molecule has 0 saturated carbocycles. The van der Waals surface area contributed by atoms with Crippen molar-refractivity contribution in [1.82, 2.24) is 4.90 Å². The Kier molecular flexibility index (Phi) is 6.26. The summed E-state index contributed by atoms with van der Waals surface area (Å²) in [5, 5.41) is 19.1. The van der Waals surface area contributed by atoms with E-state index in [0.29, 0.717) is 5.69 Å². The van der Waals surface area contributed by atoms with Crippen molar-refractivity contribution in [2.24, 2.45) is 0 Å². The second kappa shape index (κ2) is 8.88. The van der Waals surface area contributed by atoms with Crippen LogP contribution in [0.15, 0.2) is 83.8 Å². The van der Waals surface area contributed by atoms with Crippen LogP contribution in [0.4, 0.5) is 11.4 Å². The molecule has 1 amide bonds. The number of nitrogens with zero attached hydrogens (tertiary/aromatic N) is 2. The smallest absolute Gasteiger partial charge is 0.323 e. The first-order valence-electron chi connectivity index (χ1n) is 9.17. The molecule has 0 aliphatic carbocycles. The van der Waals surface area contributed by atoms with Gasteiger partial charge in [-0.2, -0.15) is 0 Å². The molecule has 0 radical (unpaired) electrons. The number of hydrogen-bond donors (Lipinski definition) is 2. The minimum atomic E-state index is -4.16. The van der Waals surface area contributed by atoms with Crippen LogP contribution < -0.4 is 4.31 Å². The largest absolute Gasteiger partial charge is 0.506 e. The number of aliphatic carboxylic acids is 1. The molecule has 0 aromatic heterocycles. The maximum Gasteiger partial charge on any atom is 0.323 e. The van der Waals surface area contributed by atoms with E-state index in [9.17, 15) is 23.1 Å². The predicted molar refractivity (Wildman–Crippen MR) is 115 cm³/mol. The molecule has 3 aromatic carbocycles. The van der Waals surface area contributed by atoms with E-state index in [1.165, 1.54) is 43.4 Å². The number of phenolic OH excluding ortho intramolecular Hbond substituents is 1. The van der Waals surface area contributed by atoms with Crippen LogP contribution in [0.25, 0.3) is 0 Å². The standard InChI is InChI=1S/C22H20N2O6S/c1-23(15-21(26)27)22(28)16-11-13-18(14-12-16)31(29,30)24(17-7-3-2-4-8-17)19-9-5-6-10-20(19)25/h2-14,25H,15H2,1H3,(H,26,27). The highest BCUT2D eigenvalue weighted by molar-refractivity contribution is 7.93. The molecular weight excluding hydrogens is 420 g/mol. The summed E-state index contributed by atoms with van der Waals surface area (Å²) >= 11 is 0. The summed E-state index contributed by atoms with van der Waals surface area (Å²) in [4.78, 5) is 24.1. The summed E-state index contributed by atoms with van der Waals surface area (Å²) in [6.45, 7) is -0.478. The van der Waals surface area contributed by atoms with E-state index in [-0.39, 0.29) is 21.9 Å². The van der Waals surface area contributed by atoms with Gasteiger partial charge in [-0.3, -0.25) is 9.59 Å². The van der Waals surface area contributed by atoms with Gasteiger partial charge >= 0.3 is 5.97 Å². The quantitative estimate of drug-likeness (QED) is 0.583. The maximum absolute atomic E-state index is 13.5. The predicted octanol–water partition coefficient (Wildman–Crippen LogP) is 3.08. The lowest BCUT2D eigenvalue weighted by molar-refractivity contribution is -0.137. The highest BCUT2D eigenvalue weighted by Gasteiger charge is 2.29. The van der Waals surface area contributed by atoms with Gasteiger partial charge in [0.05, 0.1) is 16.3 Å². The number of anilines is 2. The molecule has 2 N–H and O–H groups in total. The number of carboxylic acids is 1. The third-order valence-corrected chi connectivity index (χ3v) is 6.21. The summed E-state index contributed by atoms with van der Waals surface area (Å²) in [7, 11) is -2.81. The number of rotatable bonds is 7. The van der Waals surface area contributed by atoms with Gasteiger partial charge in [-0.15, -0.1) is 0 Å². The molecule has 160 valence electrons. The fourth-order valence-corrected chi connectivity index (χ4v) is 4.48. The molecule has 0 spiro atoms. The van der Waals surface area contributed by atoms with Crippen LogP contribution in [0.3, 0.4) is 0 Å². The zero-order valence-electron chi connectivity index (χ0n) is 16.5. The van der Waals surface area contributed by atoms with Gasteiger partial charge in [0, 0.05) is 12.6 Å². The SMILES string of the molecule is CN(CC(=O)O)C(=O)c1ccc(S(=O)(=O)N(c2ccccc2)c2ccccc2O)cc1. The Morgan fingerprint density at radius 2 is 1.45 bits per heavy atom. The fourth-order valence-electron chi connectivity index (χ4n) is 2.98. The highest BCUT2D eigenvalue weighted by atomic mass is 32.2. The second-order valence-corrected chi connectivity index (χ2v) is 8.46. The minimum Gasteiger partial charge on any atom is -0.506 e. The second-order valence-electron chi connectivity index (χ2n) is 6.67. The van der Waals surface area contributed by atoms with E-state index in [0.717, 1.165) is 9.21 Å². The van der Waals surface area contributed by atoms with E-state index in [4.69, 9.17) is 5.11 Å². The monoisotopic (exact) mass is 440 g/mol. The van der Waals surface area contributed by atoms with Crippen LogP contribution in [-0.2, 0) is 14.8 Å². The minimum absolute atomic E-state index is 0.0787. The highest BCUT2D eigenvalue weighted by Crippen LogP contribution is 2.37. The molecule has 31 heavy (non-hydrogen) atoms. The van der Waals surface area contributed by atoms with Crippen molar-refractivity contribution in [2.75, 3.05) is 17.9 Å². The van der Waals surface area contributed by atoms with Crippen molar-refractivity contribution in [2.45, 2.75) is 4.90 Å². The number of para-hydroxylation sites is 3. The van der Waals surface area contributed by atoms with Crippen LogP contribution in [0.5, 0.6) is 5.75 Å². The van der Waals surface area contributed by atoms with Crippen LogP contribution in [0.2, 0.25) is 0 Å². The van der Waals surface area contributed by atoms with E-state index >= 15 is 0 Å². The van der Waals surface area contributed by atoms with Gasteiger partial charge in [0.25, 0.3) is 15.9 Å². The third-order valence-electron chi connectivity index (χ3n) is 4.45. The number of hydrogen-bond acceptors (Lipinski definition) is 5. The molecule has 3 rings (SSSR count). The first-order chi connectivity index (χ1) is 14.7. The number of phenols is 1. The molecule has 9 heteroatoms. The summed E-state index contributed by atoms with van der Waals surface area (Å²) in [5.74, 6) is -1.92. The molecule has 0 atom stereocenters. The van der Waals surface area contributed by atoms with Crippen LogP contribution in [-0.4, -0.2) is 49.0 Å². The lowest BCUT2D eigenvalue weighted by Crippen LogP contribution is -2.32. The first-order valence-corrected chi connectivity index (χ1v) is 10.6. The van der Waals surface area contributed by atoms with Crippen LogP contribution in [0.1, 0.15) is 10.4 Å². The van der Waals surface area contributed by atoms with Crippen molar-refractivity contribution in [3.63, 3.8) is 0 Å². The molecule has 0 aliphatic rings. The molecule has 0 unspecified atom stereocenters. The molecule has 3 aromatic rings. The lowest BCUT2D eigenvalue weighted by atomic mass is 10.2. The molecular formula is C22H20N2O6S. The van der Waals surface area contributed by atoms with Gasteiger partial charge < -0.3 is 15.1 Å². The van der Waals surface area contributed by atoms with Gasteiger partial charge in [-0.25, -0.2) is 12.7 Å². The Bertz CT molecular complexity index is 1190. The van der Waals surface area contributed by atoms with Crippen molar-refractivity contribution < 1.29 is 28.2 Å². The Morgan fingerprint density at radius 3 is 2.03 bits per heavy atom. The normalized spacial score (nSPS) is 11.0. The first kappa shape index (κ1) is 21.8. The molecule has 0 heterocycles. The van der Waals surface area contributed by atoms with Crippen molar-refractivity contribution in [3.8, 4) is 5.75 Å². The summed E-state index contributed by atoms with van der Waals surface area (Å²) in [5.41, 5.74) is 0.553. The lowest BCUT2D eigenvalue weighted by Gasteiger charge is -2.25. The number of carboxylic acid groups (broad SMARTS) is 1. The zero-order chi connectivity index (χ0) is 22.6. The molecule has 8 nitrogen and oxygen atoms in total. The Balaban J connectivity index is 2.02. The zero-order valence-corrected chi connectivity index (χ0v) is 17.4. The molecule has 0 saturated heterocycles.